The smallest absolute Gasteiger partial charge is 0.307 e. The summed E-state index contributed by atoms with van der Waals surface area (Å²) in [5.41, 5.74) is 1.35. The van der Waals surface area contributed by atoms with E-state index < -0.39 is 73.4 Å². The lowest BCUT2D eigenvalue weighted by Gasteiger charge is -2.48. The van der Waals surface area contributed by atoms with E-state index in [0.717, 1.165) is 0 Å². The normalized spacial score (nSPS) is 34.7. The summed E-state index contributed by atoms with van der Waals surface area (Å²) in [5, 5.41) is 53.7. The van der Waals surface area contributed by atoms with Crippen molar-refractivity contribution in [2.24, 2.45) is 11.8 Å². The van der Waals surface area contributed by atoms with Gasteiger partial charge in [-0.15, -0.1) is 0 Å². The number of phenols is 1. The molecule has 0 bridgehead atoms. The number of phenolic OH excluding ortho intramolecular Hbond substituents is 1. The van der Waals surface area contributed by atoms with Crippen molar-refractivity contribution in [3.05, 3.63) is 41.0 Å². The van der Waals surface area contributed by atoms with Gasteiger partial charge in [-0.25, -0.2) is 0 Å². The zero-order valence-electron chi connectivity index (χ0n) is 23.6. The fraction of sp³-hybridized carbons (Fsp3) is 0.552. The molecule has 3 aliphatic heterocycles. The van der Waals surface area contributed by atoms with Gasteiger partial charge in [-0.05, 0) is 47.9 Å². The summed E-state index contributed by atoms with van der Waals surface area (Å²) in [4.78, 5) is 13.0. The average Bonchev–Trinajstić information content (AvgIpc) is 3.46. The quantitative estimate of drug-likeness (QED) is 0.298. The number of aliphatic carboxylic acids is 1. The maximum absolute atomic E-state index is 13.0. The summed E-state index contributed by atoms with van der Waals surface area (Å²) in [7, 11) is 2.72. The highest BCUT2D eigenvalue weighted by Crippen LogP contribution is 2.55. The third-order valence-corrected chi connectivity index (χ3v) is 8.55. The molecule has 234 valence electrons. The van der Waals surface area contributed by atoms with E-state index in [4.69, 9.17) is 37.9 Å². The predicted molar refractivity (Wildman–Crippen MR) is 142 cm³/mol. The highest BCUT2D eigenvalue weighted by molar-refractivity contribution is 5.75. The number of ether oxygens (including phenoxy) is 8. The third-order valence-electron chi connectivity index (χ3n) is 8.55. The molecule has 2 aromatic rings. The van der Waals surface area contributed by atoms with Crippen molar-refractivity contribution in [2.75, 3.05) is 34.2 Å². The molecule has 2 aromatic carbocycles. The molecule has 10 unspecified atom stereocenters. The number of carbonyl (C=O) groups is 1. The zero-order chi connectivity index (χ0) is 30.6. The monoisotopic (exact) mass is 606 g/mol. The molecule has 0 aromatic heterocycles. The Labute approximate surface area is 246 Å². The van der Waals surface area contributed by atoms with Crippen LogP contribution in [0.4, 0.5) is 0 Å². The summed E-state index contributed by atoms with van der Waals surface area (Å²) in [6, 6.07) is 6.32. The molecule has 4 aliphatic rings. The molecular weight excluding hydrogens is 572 g/mol. The van der Waals surface area contributed by atoms with Gasteiger partial charge < -0.3 is 63.4 Å². The van der Waals surface area contributed by atoms with Gasteiger partial charge in [-0.1, -0.05) is 0 Å². The standard InChI is InChI=1S/C29H34O14/c1-11-38-9-20-27(41-11)24(32)25(33)29(42-20)43-26-14-7-17-16(39-10-40-17)6-13(14)21(22(28(34)35)15(26)8-30)12-4-18(36-2)23(31)19(5-12)37-3/h4-7,11,15,20-22,24-27,29-33H,8-10H2,1-3H3,(H,34,35). The van der Waals surface area contributed by atoms with Crippen LogP contribution in [0.2, 0.25) is 0 Å². The first kappa shape index (κ1) is 29.7. The number of aliphatic hydroxyl groups excluding tert-OH is 3. The van der Waals surface area contributed by atoms with E-state index >= 15 is 0 Å². The second-order valence-corrected chi connectivity index (χ2v) is 10.9. The van der Waals surface area contributed by atoms with Gasteiger partial charge in [-0.3, -0.25) is 4.79 Å². The van der Waals surface area contributed by atoms with Crippen LogP contribution >= 0.6 is 0 Å². The van der Waals surface area contributed by atoms with Gasteiger partial charge in [0, 0.05) is 18.4 Å². The Morgan fingerprint density at radius 3 is 2.23 bits per heavy atom. The van der Waals surface area contributed by atoms with E-state index in [0.29, 0.717) is 28.2 Å². The van der Waals surface area contributed by atoms with Crippen molar-refractivity contribution in [3.8, 4) is 28.7 Å². The number of hydrogen-bond acceptors (Lipinski definition) is 13. The van der Waals surface area contributed by atoms with Gasteiger partial charge in [0.05, 0.1) is 32.8 Å². The number of rotatable bonds is 7. The molecule has 3 heterocycles. The summed E-state index contributed by atoms with van der Waals surface area (Å²) < 4.78 is 45.3. The number of methoxy groups -OCH3 is 2. The van der Waals surface area contributed by atoms with Gasteiger partial charge in [0.15, 0.2) is 35.6 Å². The van der Waals surface area contributed by atoms with Crippen LogP contribution in [0.25, 0.3) is 0 Å². The minimum Gasteiger partial charge on any atom is -0.502 e. The van der Waals surface area contributed by atoms with Crippen molar-refractivity contribution in [1.82, 2.24) is 0 Å². The Bertz CT molecular complexity index is 1340. The lowest BCUT2D eigenvalue weighted by Crippen LogP contribution is -2.63. The zero-order valence-corrected chi connectivity index (χ0v) is 23.6. The Morgan fingerprint density at radius 2 is 1.63 bits per heavy atom. The summed E-state index contributed by atoms with van der Waals surface area (Å²) in [6.45, 7) is 1.05. The highest BCUT2D eigenvalue weighted by Gasteiger charge is 2.53. The Hall–Kier alpha value is -3.37. The molecular formula is C29H34O14. The van der Waals surface area contributed by atoms with Crippen LogP contribution < -0.4 is 18.9 Å². The van der Waals surface area contributed by atoms with Crippen LogP contribution in [0.15, 0.2) is 24.3 Å². The highest BCUT2D eigenvalue weighted by atomic mass is 16.8. The second kappa shape index (κ2) is 11.6. The molecule has 2 saturated heterocycles. The van der Waals surface area contributed by atoms with Gasteiger partial charge in [0.2, 0.25) is 12.5 Å². The van der Waals surface area contributed by atoms with Gasteiger partial charge >= 0.3 is 5.97 Å². The van der Waals surface area contributed by atoms with Crippen molar-refractivity contribution >= 4 is 5.97 Å². The second-order valence-electron chi connectivity index (χ2n) is 10.9. The largest absolute Gasteiger partial charge is 0.502 e. The molecule has 14 heteroatoms. The molecule has 2 fully saturated rings. The minimum absolute atomic E-state index is 0.0564. The molecule has 0 saturated carbocycles. The molecule has 6 rings (SSSR count). The number of fused-ring (bicyclic) bond motifs is 3. The van der Waals surface area contributed by atoms with Crippen LogP contribution in [0.1, 0.15) is 35.6 Å². The Kier molecular flexibility index (Phi) is 8.02. The van der Waals surface area contributed by atoms with Crippen LogP contribution in [-0.2, 0) is 23.7 Å². The SMILES string of the molecule is COc1cc(C2c3cc4c(cc3C(OC3OC5COC(C)OC5C(O)C3O)C(CO)C2C(=O)O)OCO4)cc(OC)c1O. The number of hydrogen-bond donors (Lipinski definition) is 5. The van der Waals surface area contributed by atoms with Crippen LogP contribution in [0.5, 0.6) is 28.7 Å². The van der Waals surface area contributed by atoms with Crippen molar-refractivity contribution in [3.63, 3.8) is 0 Å². The lowest BCUT2D eigenvalue weighted by molar-refractivity contribution is -0.365. The summed E-state index contributed by atoms with van der Waals surface area (Å²) >= 11 is 0. The minimum atomic E-state index is -1.56. The van der Waals surface area contributed by atoms with E-state index in [1.54, 1.807) is 19.1 Å². The fourth-order valence-electron chi connectivity index (χ4n) is 6.49. The van der Waals surface area contributed by atoms with E-state index in [1.807, 2.05) is 0 Å². The van der Waals surface area contributed by atoms with E-state index in [2.05, 4.69) is 0 Å². The summed E-state index contributed by atoms with van der Waals surface area (Å²) in [5.74, 6) is -3.88. The molecule has 0 amide bonds. The van der Waals surface area contributed by atoms with Crippen molar-refractivity contribution in [2.45, 2.75) is 55.9 Å². The number of benzene rings is 2. The number of aliphatic hydroxyl groups is 3. The van der Waals surface area contributed by atoms with Gasteiger partial charge in [0.25, 0.3) is 0 Å². The Morgan fingerprint density at radius 1 is 0.977 bits per heavy atom. The van der Waals surface area contributed by atoms with Crippen LogP contribution in [0, 0.1) is 11.8 Å². The van der Waals surface area contributed by atoms with E-state index in [1.165, 1.54) is 26.4 Å². The molecule has 43 heavy (non-hydrogen) atoms. The number of carboxylic acid groups (broad SMARTS) is 1. The number of carboxylic acids is 1. The van der Waals surface area contributed by atoms with Gasteiger partial charge in [0.1, 0.15) is 24.4 Å². The number of aromatic hydroxyl groups is 1. The predicted octanol–water partition coefficient (Wildman–Crippen LogP) is 0.859. The molecule has 14 nitrogen and oxygen atoms in total. The van der Waals surface area contributed by atoms with E-state index in [9.17, 15) is 30.3 Å². The maximum atomic E-state index is 13.0. The topological polar surface area (TPSA) is 192 Å². The first-order chi connectivity index (χ1) is 20.7. The van der Waals surface area contributed by atoms with Crippen LogP contribution in [-0.4, -0.2) is 103 Å². The maximum Gasteiger partial charge on any atom is 0.307 e. The Balaban J connectivity index is 1.46. The fourth-order valence-corrected chi connectivity index (χ4v) is 6.49. The lowest BCUT2D eigenvalue weighted by atomic mass is 9.65. The van der Waals surface area contributed by atoms with E-state index in [-0.39, 0.29) is 30.6 Å². The van der Waals surface area contributed by atoms with Gasteiger partial charge in [-0.2, -0.15) is 0 Å². The van der Waals surface area contributed by atoms with Crippen LogP contribution in [0.3, 0.4) is 0 Å². The molecule has 5 N–H and O–H groups in total. The molecule has 10 atom stereocenters. The third kappa shape index (κ3) is 5.02. The molecule has 0 radical (unpaired) electrons. The molecule has 0 spiro atoms. The molecule has 1 aliphatic carbocycles. The average molecular weight is 607 g/mol. The first-order valence-corrected chi connectivity index (χ1v) is 13.8. The first-order valence-electron chi connectivity index (χ1n) is 13.8. The van der Waals surface area contributed by atoms with Crippen molar-refractivity contribution < 1.29 is 68.2 Å². The summed E-state index contributed by atoms with van der Waals surface area (Å²) in [6.07, 6.45) is -7.75. The van der Waals surface area contributed by atoms with Crippen molar-refractivity contribution in [1.29, 1.82) is 0 Å².